The Morgan fingerprint density at radius 3 is 2.77 bits per heavy atom. The molecule has 1 saturated heterocycles. The van der Waals surface area contributed by atoms with Crippen molar-refractivity contribution in [2.24, 2.45) is 7.05 Å². The minimum atomic E-state index is -0.990. The Morgan fingerprint density at radius 2 is 2.03 bits per heavy atom. The number of carbonyl (C=O) groups excluding carboxylic acids is 1. The smallest absolute Gasteiger partial charge is 0.280 e. The minimum Gasteiger partial charge on any atom is -0.382 e. The summed E-state index contributed by atoms with van der Waals surface area (Å²) in [6.07, 6.45) is 4.19. The molecule has 0 spiro atoms. The Morgan fingerprint density at radius 1 is 1.27 bits per heavy atom. The number of anilines is 1. The number of rotatable bonds is 6. The maximum Gasteiger partial charge on any atom is 0.280 e. The van der Waals surface area contributed by atoms with Crippen molar-refractivity contribution in [2.75, 3.05) is 11.4 Å². The third kappa shape index (κ3) is 3.33. The van der Waals surface area contributed by atoms with E-state index in [1.54, 1.807) is 7.05 Å². The van der Waals surface area contributed by atoms with Gasteiger partial charge in [-0.1, -0.05) is 41.7 Å². The summed E-state index contributed by atoms with van der Waals surface area (Å²) in [6, 6.07) is 9.83. The number of Topliss-reactive ketones (excluding diaryl/α,β-unsaturated/α-hetero) is 1. The third-order valence-electron chi connectivity index (χ3n) is 6.14. The van der Waals surface area contributed by atoms with Crippen molar-refractivity contribution >= 4 is 32.6 Å². The van der Waals surface area contributed by atoms with E-state index in [1.165, 1.54) is 15.9 Å². The zero-order valence-corrected chi connectivity index (χ0v) is 17.7. The van der Waals surface area contributed by atoms with E-state index in [-0.39, 0.29) is 17.4 Å². The molecule has 0 amide bonds. The van der Waals surface area contributed by atoms with Crippen LogP contribution in [0.4, 0.5) is 5.13 Å². The van der Waals surface area contributed by atoms with Crippen molar-refractivity contribution in [3.05, 3.63) is 52.1 Å². The molecule has 1 atom stereocenters. The molecule has 1 N–H and O–H groups in total. The number of aromatic nitrogens is 3. The first-order valence-corrected chi connectivity index (χ1v) is 11.2. The highest BCUT2D eigenvalue weighted by Crippen LogP contribution is 2.44. The number of nitrogens with zero attached hydrogens (tertiary/aromatic N) is 4. The Bertz CT molecular complexity index is 1170. The van der Waals surface area contributed by atoms with Gasteiger partial charge in [0.1, 0.15) is 11.4 Å². The van der Waals surface area contributed by atoms with Crippen molar-refractivity contribution in [2.45, 2.75) is 50.2 Å². The Hall–Kier alpha value is -2.58. The van der Waals surface area contributed by atoms with Crippen LogP contribution in [0.5, 0.6) is 0 Å². The second-order valence-corrected chi connectivity index (χ2v) is 9.24. The van der Waals surface area contributed by atoms with Crippen LogP contribution in [0.2, 0.25) is 0 Å². The van der Waals surface area contributed by atoms with Crippen molar-refractivity contribution in [3.63, 3.8) is 0 Å². The highest BCUT2D eigenvalue weighted by atomic mass is 32.1. The molecular formula is C22H24N4O3S. The van der Waals surface area contributed by atoms with Gasteiger partial charge in [-0.3, -0.25) is 14.2 Å². The lowest BCUT2D eigenvalue weighted by Crippen LogP contribution is -2.36. The van der Waals surface area contributed by atoms with Gasteiger partial charge in [0.25, 0.3) is 5.56 Å². The Balaban J connectivity index is 1.40. The molecule has 2 aliphatic rings. The van der Waals surface area contributed by atoms with Crippen LogP contribution in [0.25, 0.3) is 10.3 Å². The number of benzene rings is 1. The maximum atomic E-state index is 13.0. The second kappa shape index (κ2) is 7.28. The molecule has 3 heterocycles. The Labute approximate surface area is 178 Å². The van der Waals surface area contributed by atoms with Gasteiger partial charge in [-0.25, -0.2) is 9.97 Å². The van der Waals surface area contributed by atoms with Gasteiger partial charge >= 0.3 is 0 Å². The Kier molecular flexibility index (Phi) is 4.71. The summed E-state index contributed by atoms with van der Waals surface area (Å²) >= 11 is 1.34. The third-order valence-corrected chi connectivity index (χ3v) is 7.13. The predicted octanol–water partition coefficient (Wildman–Crippen LogP) is 2.54. The van der Waals surface area contributed by atoms with E-state index in [0.29, 0.717) is 40.6 Å². The van der Waals surface area contributed by atoms with E-state index in [9.17, 15) is 14.7 Å². The molecule has 1 aromatic carbocycles. The van der Waals surface area contributed by atoms with Crippen LogP contribution in [0, 0.1) is 0 Å². The fourth-order valence-electron chi connectivity index (χ4n) is 4.23. The average Bonchev–Trinajstić information content (AvgIpc) is 3.17. The SMILES string of the molecule is Cn1c(C2(O)CC2)nc2sc(N3CCC[C@@H]3C(=O)CCc3ccccc3)nc2c1=O. The summed E-state index contributed by atoms with van der Waals surface area (Å²) in [5.74, 6) is 0.622. The van der Waals surface area contributed by atoms with Gasteiger partial charge < -0.3 is 10.0 Å². The molecular weight excluding hydrogens is 400 g/mol. The largest absolute Gasteiger partial charge is 0.382 e. The van der Waals surface area contributed by atoms with Crippen LogP contribution in [0.15, 0.2) is 35.1 Å². The lowest BCUT2D eigenvalue weighted by Gasteiger charge is -2.22. The van der Waals surface area contributed by atoms with E-state index < -0.39 is 5.60 Å². The van der Waals surface area contributed by atoms with Crippen molar-refractivity contribution in [1.82, 2.24) is 14.5 Å². The summed E-state index contributed by atoms with van der Waals surface area (Å²) in [5, 5.41) is 11.1. The standard InChI is InChI=1S/C22H24N4O3S/c1-25-19(28)17-18(24-20(25)22(29)11-12-22)30-21(23-17)26-13-5-8-15(26)16(27)10-9-14-6-3-2-4-7-14/h2-4,6-7,15,29H,5,8-13H2,1H3/t15-/m1/s1. The summed E-state index contributed by atoms with van der Waals surface area (Å²) in [5.41, 5.74) is 0.237. The highest BCUT2D eigenvalue weighted by Gasteiger charge is 2.46. The van der Waals surface area contributed by atoms with Gasteiger partial charge in [0.15, 0.2) is 21.3 Å². The first-order valence-electron chi connectivity index (χ1n) is 10.4. The fourth-order valence-corrected chi connectivity index (χ4v) is 5.24. The van der Waals surface area contributed by atoms with E-state index in [0.717, 1.165) is 31.4 Å². The van der Waals surface area contributed by atoms with Gasteiger partial charge in [0, 0.05) is 20.0 Å². The number of ketones is 1. The number of aryl methyl sites for hydroxylation is 1. The average molecular weight is 425 g/mol. The van der Waals surface area contributed by atoms with E-state index in [2.05, 4.69) is 9.97 Å². The van der Waals surface area contributed by atoms with Gasteiger partial charge in [-0.15, -0.1) is 0 Å². The molecule has 0 unspecified atom stereocenters. The molecule has 1 saturated carbocycles. The maximum absolute atomic E-state index is 13.0. The summed E-state index contributed by atoms with van der Waals surface area (Å²) in [7, 11) is 1.63. The molecule has 7 nitrogen and oxygen atoms in total. The van der Waals surface area contributed by atoms with E-state index in [1.807, 2.05) is 35.2 Å². The second-order valence-electron chi connectivity index (χ2n) is 8.28. The van der Waals surface area contributed by atoms with Crippen LogP contribution in [-0.2, 0) is 23.9 Å². The predicted molar refractivity (Wildman–Crippen MR) is 116 cm³/mol. The first-order chi connectivity index (χ1) is 14.5. The number of fused-ring (bicyclic) bond motifs is 1. The highest BCUT2D eigenvalue weighted by molar-refractivity contribution is 7.21. The van der Waals surface area contributed by atoms with Crippen LogP contribution < -0.4 is 10.5 Å². The number of hydrogen-bond acceptors (Lipinski definition) is 7. The molecule has 5 rings (SSSR count). The molecule has 1 aliphatic heterocycles. The molecule has 2 fully saturated rings. The zero-order chi connectivity index (χ0) is 20.9. The zero-order valence-electron chi connectivity index (χ0n) is 16.9. The van der Waals surface area contributed by atoms with Crippen molar-refractivity contribution in [3.8, 4) is 0 Å². The molecule has 156 valence electrons. The summed E-state index contributed by atoms with van der Waals surface area (Å²) in [6.45, 7) is 0.749. The molecule has 3 aromatic rings. The number of thiazole rings is 1. The van der Waals surface area contributed by atoms with Gasteiger partial charge in [-0.2, -0.15) is 0 Å². The first kappa shape index (κ1) is 19.4. The molecule has 0 radical (unpaired) electrons. The molecule has 8 heteroatoms. The van der Waals surface area contributed by atoms with Gasteiger partial charge in [0.05, 0.1) is 6.04 Å². The van der Waals surface area contributed by atoms with Crippen molar-refractivity contribution in [1.29, 1.82) is 0 Å². The van der Waals surface area contributed by atoms with Crippen LogP contribution in [0.3, 0.4) is 0 Å². The number of aliphatic hydroxyl groups is 1. The quantitative estimate of drug-likeness (QED) is 0.654. The van der Waals surface area contributed by atoms with Crippen LogP contribution >= 0.6 is 11.3 Å². The molecule has 2 aromatic heterocycles. The number of hydrogen-bond donors (Lipinski definition) is 1. The minimum absolute atomic E-state index is 0.204. The topological polar surface area (TPSA) is 88.3 Å². The van der Waals surface area contributed by atoms with Gasteiger partial charge in [0.2, 0.25) is 0 Å². The number of carbonyl (C=O) groups is 1. The van der Waals surface area contributed by atoms with E-state index in [4.69, 9.17) is 0 Å². The van der Waals surface area contributed by atoms with E-state index >= 15 is 0 Å². The lowest BCUT2D eigenvalue weighted by atomic mass is 10.0. The van der Waals surface area contributed by atoms with Gasteiger partial charge in [-0.05, 0) is 37.7 Å². The summed E-state index contributed by atoms with van der Waals surface area (Å²) < 4.78 is 1.41. The normalized spacial score (nSPS) is 20.1. The molecule has 0 bridgehead atoms. The summed E-state index contributed by atoms with van der Waals surface area (Å²) in [4.78, 5) is 37.4. The van der Waals surface area contributed by atoms with Crippen LogP contribution in [0.1, 0.15) is 43.5 Å². The monoisotopic (exact) mass is 424 g/mol. The van der Waals surface area contributed by atoms with Crippen molar-refractivity contribution < 1.29 is 9.90 Å². The lowest BCUT2D eigenvalue weighted by molar-refractivity contribution is -0.120. The molecule has 1 aliphatic carbocycles. The molecule has 30 heavy (non-hydrogen) atoms. The van der Waals surface area contributed by atoms with Crippen LogP contribution in [-0.4, -0.2) is 38.0 Å². The fraction of sp³-hybridized carbons (Fsp3) is 0.455.